The predicted molar refractivity (Wildman–Crippen MR) is 128 cm³/mol. The summed E-state index contributed by atoms with van der Waals surface area (Å²) in [5, 5.41) is 3.53. The van der Waals surface area contributed by atoms with E-state index in [0.717, 1.165) is 25.3 Å². The van der Waals surface area contributed by atoms with Gasteiger partial charge in [0.1, 0.15) is 5.75 Å². The van der Waals surface area contributed by atoms with E-state index in [-0.39, 0.29) is 28.9 Å². The van der Waals surface area contributed by atoms with Crippen molar-refractivity contribution >= 4 is 5.91 Å². The maximum atomic E-state index is 12.9. The Bertz CT molecular complexity index is 849. The summed E-state index contributed by atoms with van der Waals surface area (Å²) in [4.78, 5) is 15.0. The van der Waals surface area contributed by atoms with Crippen LogP contribution in [-0.4, -0.2) is 44.7 Å². The molecule has 5 heteroatoms. The molecule has 32 heavy (non-hydrogen) atoms. The van der Waals surface area contributed by atoms with Gasteiger partial charge in [0.15, 0.2) is 0 Å². The van der Waals surface area contributed by atoms with E-state index in [4.69, 9.17) is 9.47 Å². The Kier molecular flexibility index (Phi) is 6.36. The maximum Gasteiger partial charge on any atom is 0.220 e. The van der Waals surface area contributed by atoms with Crippen LogP contribution in [0.1, 0.15) is 70.6 Å². The molecule has 1 aliphatic heterocycles. The molecule has 3 aliphatic rings. The lowest BCUT2D eigenvalue weighted by molar-refractivity contribution is -0.137. The molecule has 1 N–H and O–H groups in total. The number of hydrogen-bond donors (Lipinski definition) is 1. The molecule has 1 aromatic rings. The highest BCUT2D eigenvalue weighted by atomic mass is 16.5. The number of hydrogen-bond acceptors (Lipinski definition) is 4. The van der Waals surface area contributed by atoms with Crippen LogP contribution in [0.5, 0.6) is 5.75 Å². The topological polar surface area (TPSA) is 50.8 Å². The van der Waals surface area contributed by atoms with Crippen LogP contribution >= 0.6 is 0 Å². The van der Waals surface area contributed by atoms with Gasteiger partial charge in [0.25, 0.3) is 0 Å². The Labute approximate surface area is 194 Å². The minimum Gasteiger partial charge on any atom is -0.496 e. The van der Waals surface area contributed by atoms with Crippen LogP contribution < -0.4 is 10.1 Å². The second-order valence-electron chi connectivity index (χ2n) is 11.7. The van der Waals surface area contributed by atoms with Crippen molar-refractivity contribution in [1.29, 1.82) is 0 Å². The van der Waals surface area contributed by atoms with Crippen LogP contribution in [0.15, 0.2) is 18.2 Å². The SMILES string of the molecule is COc1ccc([C@H]2OCC[C@@]34C[C@@H](C[C@H]23)C(C)(C)[C@@H]4NC(=O)CC(C)C)cc1CN(C)C. The van der Waals surface area contributed by atoms with Crippen molar-refractivity contribution < 1.29 is 14.3 Å². The van der Waals surface area contributed by atoms with E-state index in [2.05, 4.69) is 70.2 Å². The molecule has 3 fully saturated rings. The monoisotopic (exact) mass is 442 g/mol. The van der Waals surface area contributed by atoms with E-state index < -0.39 is 0 Å². The minimum atomic E-state index is 0.0844. The van der Waals surface area contributed by atoms with Crippen molar-refractivity contribution in [3.8, 4) is 5.75 Å². The lowest BCUT2D eigenvalue weighted by atomic mass is 9.58. The molecule has 0 unspecified atom stereocenters. The second kappa shape index (κ2) is 8.64. The fourth-order valence-corrected chi connectivity index (χ4v) is 7.15. The first-order valence-corrected chi connectivity index (χ1v) is 12.3. The quantitative estimate of drug-likeness (QED) is 0.659. The van der Waals surface area contributed by atoms with Crippen molar-refractivity contribution in [3.63, 3.8) is 0 Å². The van der Waals surface area contributed by atoms with Crippen LogP contribution in [-0.2, 0) is 16.1 Å². The molecule has 1 aromatic carbocycles. The summed E-state index contributed by atoms with van der Waals surface area (Å²) < 4.78 is 12.1. The zero-order valence-corrected chi connectivity index (χ0v) is 21.0. The zero-order valence-electron chi connectivity index (χ0n) is 21.0. The lowest BCUT2D eigenvalue weighted by Crippen LogP contribution is -2.59. The largest absolute Gasteiger partial charge is 0.496 e. The standard InChI is InChI=1S/C27H42N2O3/c1-17(2)12-23(30)28-25-26(3,4)20-14-21-24(32-11-10-27(21,25)15-20)18-8-9-22(31-7)19(13-18)16-29(5)6/h8-9,13,17,20-21,24-25H,10-12,14-16H2,1-7H3,(H,28,30)/t20-,21-,24-,25+,27-/m1/s1. The Morgan fingerprint density at radius 2 is 2.06 bits per heavy atom. The second-order valence-corrected chi connectivity index (χ2v) is 11.7. The Morgan fingerprint density at radius 3 is 2.72 bits per heavy atom. The summed E-state index contributed by atoms with van der Waals surface area (Å²) in [6.45, 7) is 10.6. The van der Waals surface area contributed by atoms with Gasteiger partial charge >= 0.3 is 0 Å². The van der Waals surface area contributed by atoms with Gasteiger partial charge in [-0.05, 0) is 79.6 Å². The van der Waals surface area contributed by atoms with Gasteiger partial charge in [-0.2, -0.15) is 0 Å². The molecule has 2 saturated carbocycles. The smallest absolute Gasteiger partial charge is 0.220 e. The Hall–Kier alpha value is -1.59. The lowest BCUT2D eigenvalue weighted by Gasteiger charge is -2.53. The van der Waals surface area contributed by atoms with Gasteiger partial charge in [-0.15, -0.1) is 0 Å². The van der Waals surface area contributed by atoms with Crippen LogP contribution in [0.3, 0.4) is 0 Å². The molecule has 1 saturated heterocycles. The molecule has 5 atom stereocenters. The summed E-state index contributed by atoms with van der Waals surface area (Å²) in [6, 6.07) is 6.78. The van der Waals surface area contributed by atoms with Gasteiger partial charge < -0.3 is 19.7 Å². The molecular weight excluding hydrogens is 400 g/mol. The first-order valence-electron chi connectivity index (χ1n) is 12.3. The number of rotatable bonds is 7. The zero-order chi connectivity index (χ0) is 23.3. The van der Waals surface area contributed by atoms with Gasteiger partial charge in [-0.3, -0.25) is 4.79 Å². The van der Waals surface area contributed by atoms with E-state index in [9.17, 15) is 4.79 Å². The highest BCUT2D eigenvalue weighted by Crippen LogP contribution is 2.70. The molecule has 5 nitrogen and oxygen atoms in total. The van der Waals surface area contributed by atoms with Crippen molar-refractivity contribution in [2.24, 2.45) is 28.6 Å². The fourth-order valence-electron chi connectivity index (χ4n) is 7.15. The van der Waals surface area contributed by atoms with Crippen LogP contribution in [0, 0.1) is 28.6 Å². The summed E-state index contributed by atoms with van der Waals surface area (Å²) in [6.07, 6.45) is 4.12. The molecule has 1 spiro atoms. The van der Waals surface area contributed by atoms with Gasteiger partial charge in [0.2, 0.25) is 5.91 Å². The fraction of sp³-hybridized carbons (Fsp3) is 0.741. The number of nitrogens with one attached hydrogen (secondary N) is 1. The van der Waals surface area contributed by atoms with Crippen molar-refractivity contribution in [2.75, 3.05) is 27.8 Å². The number of nitrogens with zero attached hydrogens (tertiary/aromatic N) is 1. The first kappa shape index (κ1) is 23.6. The molecule has 1 heterocycles. The number of carbonyl (C=O) groups is 1. The molecule has 4 rings (SSSR count). The van der Waals surface area contributed by atoms with Crippen LogP contribution in [0.4, 0.5) is 0 Å². The third-order valence-corrected chi connectivity index (χ3v) is 8.52. The van der Waals surface area contributed by atoms with Crippen LogP contribution in [0.2, 0.25) is 0 Å². The summed E-state index contributed by atoms with van der Waals surface area (Å²) in [5.74, 6) is 2.59. The van der Waals surface area contributed by atoms with E-state index in [1.807, 2.05) is 0 Å². The number of ether oxygens (including phenoxy) is 2. The molecular formula is C27H42N2O3. The van der Waals surface area contributed by atoms with E-state index >= 15 is 0 Å². The molecule has 178 valence electrons. The number of methoxy groups -OCH3 is 1. The number of carbonyl (C=O) groups excluding carboxylic acids is 1. The number of amides is 1. The average Bonchev–Trinajstić information content (AvgIpc) is 3.19. The summed E-state index contributed by atoms with van der Waals surface area (Å²) in [5.41, 5.74) is 2.71. The first-order chi connectivity index (χ1) is 15.1. The Balaban J connectivity index is 1.65. The number of benzene rings is 1. The molecule has 1 amide bonds. The third-order valence-electron chi connectivity index (χ3n) is 8.52. The summed E-state index contributed by atoms with van der Waals surface area (Å²) in [7, 11) is 5.91. The van der Waals surface area contributed by atoms with E-state index in [1.54, 1.807) is 7.11 Å². The van der Waals surface area contributed by atoms with Gasteiger partial charge in [-0.1, -0.05) is 33.8 Å². The third kappa shape index (κ3) is 3.96. The van der Waals surface area contributed by atoms with Crippen molar-refractivity contribution in [3.05, 3.63) is 29.3 Å². The average molecular weight is 443 g/mol. The summed E-state index contributed by atoms with van der Waals surface area (Å²) >= 11 is 0. The van der Waals surface area contributed by atoms with Crippen LogP contribution in [0.25, 0.3) is 0 Å². The normalized spacial score (nSPS) is 32.9. The van der Waals surface area contributed by atoms with Gasteiger partial charge in [0, 0.05) is 31.2 Å². The van der Waals surface area contributed by atoms with Gasteiger partial charge in [0.05, 0.1) is 13.2 Å². The molecule has 2 aliphatic carbocycles. The minimum absolute atomic E-state index is 0.0844. The maximum absolute atomic E-state index is 12.9. The molecule has 2 bridgehead atoms. The number of fused-ring (bicyclic) bond motifs is 1. The highest BCUT2D eigenvalue weighted by molar-refractivity contribution is 5.76. The van der Waals surface area contributed by atoms with Gasteiger partial charge in [-0.25, -0.2) is 0 Å². The van der Waals surface area contributed by atoms with E-state index in [0.29, 0.717) is 24.2 Å². The van der Waals surface area contributed by atoms with Crippen molar-refractivity contribution in [2.45, 2.75) is 72.1 Å². The highest BCUT2D eigenvalue weighted by Gasteiger charge is 2.68. The molecule has 0 radical (unpaired) electrons. The van der Waals surface area contributed by atoms with E-state index in [1.165, 1.54) is 24.0 Å². The predicted octanol–water partition coefficient (Wildman–Crippen LogP) is 4.80. The van der Waals surface area contributed by atoms with Crippen molar-refractivity contribution in [1.82, 2.24) is 10.2 Å². The Morgan fingerprint density at radius 1 is 1.31 bits per heavy atom. The molecule has 0 aromatic heterocycles.